The Labute approximate surface area is 135 Å². The van der Waals surface area contributed by atoms with Gasteiger partial charge in [0.05, 0.1) is 5.75 Å². The fourth-order valence-electron chi connectivity index (χ4n) is 2.27. The molecular formula is C18H20OS2. The van der Waals surface area contributed by atoms with Crippen LogP contribution in [0.25, 0.3) is 0 Å². The molecule has 0 aliphatic heterocycles. The number of hydrogen-bond donors (Lipinski definition) is 0. The Bertz CT molecular complexity index is 597. The largest absolute Gasteiger partial charge is 0.293 e. The van der Waals surface area contributed by atoms with Crippen LogP contribution in [0.1, 0.15) is 27.0 Å². The number of carbonyl (C=O) groups excluding carboxylic acids is 1. The molecule has 0 aliphatic carbocycles. The second-order valence-electron chi connectivity index (χ2n) is 5.14. The van der Waals surface area contributed by atoms with Gasteiger partial charge >= 0.3 is 0 Å². The standard InChI is InChI=1S/C18H20OS2/c1-13-8-14(2)10-15(9-13)11-21-12-18(19)16-4-6-17(20-3)7-5-16/h4-10H,11-12H2,1-3H3. The van der Waals surface area contributed by atoms with E-state index < -0.39 is 0 Å². The van der Waals surface area contributed by atoms with E-state index in [-0.39, 0.29) is 5.78 Å². The molecule has 0 bridgehead atoms. The van der Waals surface area contributed by atoms with E-state index in [4.69, 9.17) is 0 Å². The van der Waals surface area contributed by atoms with Gasteiger partial charge < -0.3 is 0 Å². The third kappa shape index (κ3) is 4.94. The van der Waals surface area contributed by atoms with Gasteiger partial charge in [0, 0.05) is 16.2 Å². The third-order valence-electron chi connectivity index (χ3n) is 3.20. The summed E-state index contributed by atoms with van der Waals surface area (Å²) in [6, 6.07) is 14.4. The lowest BCUT2D eigenvalue weighted by Crippen LogP contribution is -2.02. The molecule has 0 fully saturated rings. The molecule has 21 heavy (non-hydrogen) atoms. The molecule has 0 saturated heterocycles. The molecule has 0 aliphatic rings. The monoisotopic (exact) mass is 316 g/mol. The zero-order valence-electron chi connectivity index (χ0n) is 12.7. The Morgan fingerprint density at radius 1 is 1.00 bits per heavy atom. The van der Waals surface area contributed by atoms with E-state index in [2.05, 4.69) is 32.0 Å². The summed E-state index contributed by atoms with van der Waals surface area (Å²) in [5.41, 5.74) is 4.66. The van der Waals surface area contributed by atoms with E-state index in [0.717, 1.165) is 11.3 Å². The van der Waals surface area contributed by atoms with Crippen molar-refractivity contribution < 1.29 is 4.79 Å². The Morgan fingerprint density at radius 3 is 2.19 bits per heavy atom. The van der Waals surface area contributed by atoms with Crippen LogP contribution in [0.3, 0.4) is 0 Å². The van der Waals surface area contributed by atoms with Crippen molar-refractivity contribution in [3.05, 3.63) is 64.7 Å². The maximum atomic E-state index is 12.1. The van der Waals surface area contributed by atoms with Gasteiger partial charge in [0.15, 0.2) is 5.78 Å². The minimum absolute atomic E-state index is 0.206. The molecule has 0 heterocycles. The van der Waals surface area contributed by atoms with Gasteiger partial charge in [-0.1, -0.05) is 41.5 Å². The summed E-state index contributed by atoms with van der Waals surface area (Å²) in [5, 5.41) is 0. The van der Waals surface area contributed by atoms with E-state index in [1.165, 1.54) is 21.6 Å². The van der Waals surface area contributed by atoms with Crippen LogP contribution in [0.2, 0.25) is 0 Å². The van der Waals surface area contributed by atoms with Crippen molar-refractivity contribution in [1.29, 1.82) is 0 Å². The number of benzene rings is 2. The lowest BCUT2D eigenvalue weighted by molar-refractivity contribution is 0.102. The topological polar surface area (TPSA) is 17.1 Å². The van der Waals surface area contributed by atoms with Crippen LogP contribution in [0.15, 0.2) is 47.4 Å². The number of thioether (sulfide) groups is 2. The summed E-state index contributed by atoms with van der Waals surface area (Å²) >= 11 is 3.37. The highest BCUT2D eigenvalue weighted by atomic mass is 32.2. The van der Waals surface area contributed by atoms with Crippen molar-refractivity contribution in [2.45, 2.75) is 24.5 Å². The quantitative estimate of drug-likeness (QED) is 0.542. The van der Waals surface area contributed by atoms with E-state index in [1.807, 2.05) is 30.5 Å². The molecule has 0 unspecified atom stereocenters. The first kappa shape index (κ1) is 16.2. The van der Waals surface area contributed by atoms with Crippen molar-refractivity contribution in [3.8, 4) is 0 Å². The number of Topliss-reactive ketones (excluding diaryl/α,β-unsaturated/α-hetero) is 1. The summed E-state index contributed by atoms with van der Waals surface area (Å²) < 4.78 is 0. The number of hydrogen-bond acceptors (Lipinski definition) is 3. The first-order chi connectivity index (χ1) is 10.1. The first-order valence-corrected chi connectivity index (χ1v) is 9.28. The van der Waals surface area contributed by atoms with E-state index in [0.29, 0.717) is 5.75 Å². The van der Waals surface area contributed by atoms with E-state index >= 15 is 0 Å². The number of aryl methyl sites for hydroxylation is 2. The van der Waals surface area contributed by atoms with Gasteiger partial charge in [-0.25, -0.2) is 0 Å². The Morgan fingerprint density at radius 2 is 1.62 bits per heavy atom. The van der Waals surface area contributed by atoms with Crippen LogP contribution >= 0.6 is 23.5 Å². The van der Waals surface area contributed by atoms with Crippen LogP contribution in [0, 0.1) is 13.8 Å². The summed E-state index contributed by atoms with van der Waals surface area (Å²) in [5.74, 6) is 1.62. The van der Waals surface area contributed by atoms with Crippen molar-refractivity contribution in [2.24, 2.45) is 0 Å². The smallest absolute Gasteiger partial charge is 0.172 e. The van der Waals surface area contributed by atoms with Crippen molar-refractivity contribution >= 4 is 29.3 Å². The second kappa shape index (κ2) is 7.71. The van der Waals surface area contributed by atoms with Crippen LogP contribution in [-0.4, -0.2) is 17.8 Å². The van der Waals surface area contributed by atoms with Crippen LogP contribution in [-0.2, 0) is 5.75 Å². The van der Waals surface area contributed by atoms with Gasteiger partial charge in [-0.3, -0.25) is 4.79 Å². The van der Waals surface area contributed by atoms with Gasteiger partial charge in [0.25, 0.3) is 0 Å². The maximum absolute atomic E-state index is 12.1. The zero-order valence-corrected chi connectivity index (χ0v) is 14.3. The van der Waals surface area contributed by atoms with Gasteiger partial charge in [0.2, 0.25) is 0 Å². The van der Waals surface area contributed by atoms with Crippen LogP contribution < -0.4 is 0 Å². The normalized spacial score (nSPS) is 10.6. The predicted molar refractivity (Wildman–Crippen MR) is 94.6 cm³/mol. The molecule has 2 aromatic carbocycles. The molecule has 110 valence electrons. The molecule has 1 nitrogen and oxygen atoms in total. The van der Waals surface area contributed by atoms with Gasteiger partial charge in [-0.2, -0.15) is 0 Å². The van der Waals surface area contributed by atoms with Gasteiger partial charge in [-0.05, 0) is 37.8 Å². The van der Waals surface area contributed by atoms with Crippen LogP contribution in [0.5, 0.6) is 0 Å². The Hall–Kier alpha value is -1.19. The molecule has 0 spiro atoms. The fourth-order valence-corrected chi connectivity index (χ4v) is 3.54. The van der Waals surface area contributed by atoms with Crippen LogP contribution in [0.4, 0.5) is 0 Å². The summed E-state index contributed by atoms with van der Waals surface area (Å²) in [7, 11) is 0. The zero-order chi connectivity index (χ0) is 15.2. The summed E-state index contributed by atoms with van der Waals surface area (Å²) in [6.45, 7) is 4.22. The number of rotatable bonds is 6. The molecule has 2 aromatic rings. The average Bonchev–Trinajstić information content (AvgIpc) is 2.46. The number of carbonyl (C=O) groups is 1. The van der Waals surface area contributed by atoms with Gasteiger partial charge in [-0.15, -0.1) is 23.5 Å². The second-order valence-corrected chi connectivity index (χ2v) is 7.01. The molecule has 0 aromatic heterocycles. The lowest BCUT2D eigenvalue weighted by atomic mass is 10.1. The van der Waals surface area contributed by atoms with Crippen molar-refractivity contribution in [2.75, 3.05) is 12.0 Å². The predicted octanol–water partition coefficient (Wildman–Crippen LogP) is 5.14. The highest BCUT2D eigenvalue weighted by molar-refractivity contribution is 7.99. The third-order valence-corrected chi connectivity index (χ3v) is 4.94. The van der Waals surface area contributed by atoms with Gasteiger partial charge in [0.1, 0.15) is 0 Å². The highest BCUT2D eigenvalue weighted by Gasteiger charge is 2.06. The molecular weight excluding hydrogens is 296 g/mol. The minimum Gasteiger partial charge on any atom is -0.293 e. The molecule has 0 amide bonds. The molecule has 0 radical (unpaired) electrons. The molecule has 0 N–H and O–H groups in total. The molecule has 0 atom stereocenters. The summed E-state index contributed by atoms with van der Waals surface area (Å²) in [4.78, 5) is 13.3. The first-order valence-electron chi connectivity index (χ1n) is 6.90. The Kier molecular flexibility index (Phi) is 5.95. The minimum atomic E-state index is 0.206. The maximum Gasteiger partial charge on any atom is 0.172 e. The lowest BCUT2D eigenvalue weighted by Gasteiger charge is -2.05. The molecule has 2 rings (SSSR count). The SMILES string of the molecule is CSc1ccc(C(=O)CSCc2cc(C)cc(C)c2)cc1. The van der Waals surface area contributed by atoms with E-state index in [1.54, 1.807) is 23.5 Å². The van der Waals surface area contributed by atoms with E-state index in [9.17, 15) is 4.79 Å². The molecule has 3 heteroatoms. The van der Waals surface area contributed by atoms with Crippen molar-refractivity contribution in [1.82, 2.24) is 0 Å². The fraction of sp³-hybridized carbons (Fsp3) is 0.278. The molecule has 0 saturated carbocycles. The average molecular weight is 316 g/mol. The highest BCUT2D eigenvalue weighted by Crippen LogP contribution is 2.19. The summed E-state index contributed by atoms with van der Waals surface area (Å²) in [6.07, 6.45) is 2.04. The number of ketones is 1. The van der Waals surface area contributed by atoms with Crippen molar-refractivity contribution in [3.63, 3.8) is 0 Å². The Balaban J connectivity index is 1.88.